The fraction of sp³-hybridized carbons (Fsp3) is 0.0909. The standard InChI is InChI=1S/C11H10ClN5O2/c12-8-3-1-2-7(4-8)5-14-11-9(17(18)19)10(13)15-6-16-11/h1-4,6H,5H2,(H3,13,14,15,16). The molecule has 2 rings (SSSR count). The molecule has 7 nitrogen and oxygen atoms in total. The molecule has 0 amide bonds. The van der Waals surface area contributed by atoms with Gasteiger partial charge in [-0.15, -0.1) is 0 Å². The van der Waals surface area contributed by atoms with Crippen LogP contribution in [0, 0.1) is 10.1 Å². The zero-order valence-corrected chi connectivity index (χ0v) is 10.5. The van der Waals surface area contributed by atoms with E-state index in [1.54, 1.807) is 18.2 Å². The predicted octanol–water partition coefficient (Wildman–Crippen LogP) is 2.23. The minimum Gasteiger partial charge on any atom is -0.378 e. The Kier molecular flexibility index (Phi) is 3.76. The second-order valence-electron chi connectivity index (χ2n) is 3.70. The molecule has 0 unspecified atom stereocenters. The number of aromatic nitrogens is 2. The Hall–Kier alpha value is -2.41. The van der Waals surface area contributed by atoms with Crippen molar-refractivity contribution in [2.24, 2.45) is 0 Å². The first-order valence-corrected chi connectivity index (χ1v) is 5.69. The van der Waals surface area contributed by atoms with Crippen molar-refractivity contribution >= 4 is 28.9 Å². The van der Waals surface area contributed by atoms with Crippen molar-refractivity contribution in [2.45, 2.75) is 6.54 Å². The van der Waals surface area contributed by atoms with Crippen LogP contribution >= 0.6 is 11.6 Å². The number of halogens is 1. The van der Waals surface area contributed by atoms with E-state index < -0.39 is 4.92 Å². The molecule has 3 N–H and O–H groups in total. The summed E-state index contributed by atoms with van der Waals surface area (Å²) >= 11 is 5.85. The highest BCUT2D eigenvalue weighted by molar-refractivity contribution is 6.30. The number of nitrogens with two attached hydrogens (primary N) is 1. The quantitative estimate of drug-likeness (QED) is 0.656. The van der Waals surface area contributed by atoms with E-state index in [4.69, 9.17) is 17.3 Å². The highest BCUT2D eigenvalue weighted by Gasteiger charge is 2.20. The van der Waals surface area contributed by atoms with Gasteiger partial charge in [0.1, 0.15) is 6.33 Å². The minimum absolute atomic E-state index is 0.0810. The Morgan fingerprint density at radius 2 is 2.21 bits per heavy atom. The van der Waals surface area contributed by atoms with Crippen molar-refractivity contribution in [1.82, 2.24) is 9.97 Å². The molecule has 0 radical (unpaired) electrons. The third-order valence-corrected chi connectivity index (χ3v) is 2.62. The van der Waals surface area contributed by atoms with Crippen molar-refractivity contribution in [2.75, 3.05) is 11.1 Å². The van der Waals surface area contributed by atoms with Gasteiger partial charge in [-0.2, -0.15) is 0 Å². The maximum Gasteiger partial charge on any atom is 0.352 e. The van der Waals surface area contributed by atoms with Gasteiger partial charge in [-0.1, -0.05) is 23.7 Å². The summed E-state index contributed by atoms with van der Waals surface area (Å²) < 4.78 is 0. The fourth-order valence-corrected chi connectivity index (χ4v) is 1.75. The van der Waals surface area contributed by atoms with Crippen LogP contribution in [0.15, 0.2) is 30.6 Å². The van der Waals surface area contributed by atoms with Crippen LogP contribution in [0.3, 0.4) is 0 Å². The lowest BCUT2D eigenvalue weighted by atomic mass is 10.2. The normalized spacial score (nSPS) is 10.2. The largest absolute Gasteiger partial charge is 0.378 e. The summed E-state index contributed by atoms with van der Waals surface area (Å²) in [6, 6.07) is 7.14. The van der Waals surface area contributed by atoms with Crippen LogP contribution in [-0.4, -0.2) is 14.9 Å². The summed E-state index contributed by atoms with van der Waals surface area (Å²) in [5.41, 5.74) is 6.01. The number of nitrogens with one attached hydrogen (secondary N) is 1. The van der Waals surface area contributed by atoms with E-state index in [-0.39, 0.29) is 17.3 Å². The summed E-state index contributed by atoms with van der Waals surface area (Å²) in [7, 11) is 0. The maximum atomic E-state index is 10.9. The average molecular weight is 280 g/mol. The lowest BCUT2D eigenvalue weighted by Crippen LogP contribution is -2.08. The third-order valence-electron chi connectivity index (χ3n) is 2.38. The van der Waals surface area contributed by atoms with E-state index >= 15 is 0 Å². The van der Waals surface area contributed by atoms with Crippen molar-refractivity contribution in [1.29, 1.82) is 0 Å². The van der Waals surface area contributed by atoms with Gasteiger partial charge in [-0.05, 0) is 17.7 Å². The van der Waals surface area contributed by atoms with Gasteiger partial charge in [0.2, 0.25) is 11.6 Å². The zero-order valence-electron chi connectivity index (χ0n) is 9.71. The fourth-order valence-electron chi connectivity index (χ4n) is 1.53. The van der Waals surface area contributed by atoms with Crippen LogP contribution in [0.25, 0.3) is 0 Å². The Bertz CT molecular complexity index is 620. The van der Waals surface area contributed by atoms with Crippen molar-refractivity contribution in [3.8, 4) is 0 Å². The monoisotopic (exact) mass is 279 g/mol. The molecular weight excluding hydrogens is 270 g/mol. The molecule has 0 spiro atoms. The zero-order chi connectivity index (χ0) is 13.8. The topological polar surface area (TPSA) is 107 Å². The van der Waals surface area contributed by atoms with Crippen molar-refractivity contribution < 1.29 is 4.92 Å². The number of rotatable bonds is 4. The lowest BCUT2D eigenvalue weighted by Gasteiger charge is -2.07. The summed E-state index contributed by atoms with van der Waals surface area (Å²) in [5.74, 6) is -0.0916. The number of nitrogen functional groups attached to an aromatic ring is 1. The Balaban J connectivity index is 2.20. The average Bonchev–Trinajstić information content (AvgIpc) is 2.36. The first-order chi connectivity index (χ1) is 9.08. The number of nitrogens with zero attached hydrogens (tertiary/aromatic N) is 3. The van der Waals surface area contributed by atoms with E-state index in [0.29, 0.717) is 11.6 Å². The molecular formula is C11H10ClN5O2. The van der Waals surface area contributed by atoms with Crippen LogP contribution in [-0.2, 0) is 6.54 Å². The molecule has 0 aliphatic rings. The molecule has 8 heteroatoms. The second-order valence-corrected chi connectivity index (χ2v) is 4.13. The van der Waals surface area contributed by atoms with Gasteiger partial charge in [0.25, 0.3) is 0 Å². The first kappa shape index (κ1) is 13.0. The highest BCUT2D eigenvalue weighted by atomic mass is 35.5. The second kappa shape index (κ2) is 5.49. The van der Waals surface area contributed by atoms with Crippen LogP contribution < -0.4 is 11.1 Å². The molecule has 1 heterocycles. The Labute approximate surface area is 113 Å². The van der Waals surface area contributed by atoms with Crippen molar-refractivity contribution in [3.63, 3.8) is 0 Å². The molecule has 0 atom stereocenters. The molecule has 0 fully saturated rings. The van der Waals surface area contributed by atoms with Gasteiger partial charge >= 0.3 is 5.69 Å². The first-order valence-electron chi connectivity index (χ1n) is 5.31. The molecule has 98 valence electrons. The van der Waals surface area contributed by atoms with Gasteiger partial charge in [-0.25, -0.2) is 9.97 Å². The number of hydrogen-bond donors (Lipinski definition) is 2. The van der Waals surface area contributed by atoms with E-state index in [0.717, 1.165) is 5.56 Å². The highest BCUT2D eigenvalue weighted by Crippen LogP contribution is 2.26. The smallest absolute Gasteiger partial charge is 0.352 e. The predicted molar refractivity (Wildman–Crippen MR) is 71.9 cm³/mol. The number of anilines is 2. The lowest BCUT2D eigenvalue weighted by molar-refractivity contribution is -0.383. The number of nitro groups is 1. The molecule has 19 heavy (non-hydrogen) atoms. The van der Waals surface area contributed by atoms with Gasteiger partial charge in [0.05, 0.1) is 4.92 Å². The number of benzene rings is 1. The Morgan fingerprint density at radius 3 is 2.89 bits per heavy atom. The van der Waals surface area contributed by atoms with Gasteiger partial charge < -0.3 is 11.1 Å². The van der Waals surface area contributed by atoms with Gasteiger partial charge in [0.15, 0.2) is 0 Å². The van der Waals surface area contributed by atoms with Gasteiger partial charge in [0, 0.05) is 11.6 Å². The molecule has 1 aromatic heterocycles. The summed E-state index contributed by atoms with van der Waals surface area (Å²) in [5, 5.41) is 14.3. The summed E-state index contributed by atoms with van der Waals surface area (Å²) in [4.78, 5) is 17.7. The van der Waals surface area contributed by atoms with E-state index in [1.807, 2.05) is 6.07 Å². The molecule has 0 saturated heterocycles. The molecule has 2 aromatic rings. The summed E-state index contributed by atoms with van der Waals surface area (Å²) in [6.07, 6.45) is 1.17. The van der Waals surface area contributed by atoms with E-state index in [2.05, 4.69) is 15.3 Å². The number of hydrogen-bond acceptors (Lipinski definition) is 6. The third kappa shape index (κ3) is 3.08. The molecule has 0 aliphatic carbocycles. The van der Waals surface area contributed by atoms with Gasteiger partial charge in [-0.3, -0.25) is 10.1 Å². The van der Waals surface area contributed by atoms with Crippen molar-refractivity contribution in [3.05, 3.63) is 51.3 Å². The molecule has 1 aromatic carbocycles. The molecule has 0 saturated carbocycles. The van der Waals surface area contributed by atoms with E-state index in [1.165, 1.54) is 6.33 Å². The maximum absolute atomic E-state index is 10.9. The van der Waals surface area contributed by atoms with Crippen LogP contribution in [0.4, 0.5) is 17.3 Å². The molecule has 0 bridgehead atoms. The minimum atomic E-state index is -0.615. The van der Waals surface area contributed by atoms with E-state index in [9.17, 15) is 10.1 Å². The summed E-state index contributed by atoms with van der Waals surface area (Å²) in [6.45, 7) is 0.345. The van der Waals surface area contributed by atoms with Crippen LogP contribution in [0.5, 0.6) is 0 Å². The molecule has 0 aliphatic heterocycles. The Morgan fingerprint density at radius 1 is 1.42 bits per heavy atom. The SMILES string of the molecule is Nc1ncnc(NCc2cccc(Cl)c2)c1[N+](=O)[O-]. The van der Waals surface area contributed by atoms with Crippen LogP contribution in [0.1, 0.15) is 5.56 Å². The van der Waals surface area contributed by atoms with Crippen LogP contribution in [0.2, 0.25) is 5.02 Å².